The van der Waals surface area contributed by atoms with Gasteiger partial charge < -0.3 is 5.32 Å². The van der Waals surface area contributed by atoms with Crippen LogP contribution in [0.2, 0.25) is 0 Å². The predicted molar refractivity (Wildman–Crippen MR) is 56.2 cm³/mol. The normalized spacial score (nSPS) is 22.3. The molecule has 14 heavy (non-hydrogen) atoms. The van der Waals surface area contributed by atoms with E-state index in [1.165, 1.54) is 5.56 Å². The van der Waals surface area contributed by atoms with Gasteiger partial charge >= 0.3 is 0 Å². The second-order valence-electron chi connectivity index (χ2n) is 3.83. The van der Waals surface area contributed by atoms with E-state index >= 15 is 0 Å². The number of hydrogen-bond acceptors (Lipinski definition) is 2. The smallest absolute Gasteiger partial charge is 0.135 e. The Hall–Kier alpha value is -1.15. The van der Waals surface area contributed by atoms with Crippen LogP contribution in [0.1, 0.15) is 18.4 Å². The molecule has 74 valence electrons. The summed E-state index contributed by atoms with van der Waals surface area (Å²) in [7, 11) is 0. The number of nitrogens with one attached hydrogen (secondary N) is 1. The monoisotopic (exact) mass is 189 g/mol. The molecule has 1 aliphatic rings. The van der Waals surface area contributed by atoms with Crippen molar-refractivity contribution in [3.63, 3.8) is 0 Å². The number of carbonyl (C=O) groups excluding carboxylic acids is 1. The average Bonchev–Trinajstić information content (AvgIpc) is 2.19. The second-order valence-corrected chi connectivity index (χ2v) is 3.83. The quantitative estimate of drug-likeness (QED) is 0.764. The molecule has 0 radical (unpaired) electrons. The summed E-state index contributed by atoms with van der Waals surface area (Å²) in [5, 5.41) is 3.38. The van der Waals surface area contributed by atoms with Gasteiger partial charge in [-0.3, -0.25) is 4.79 Å². The Morgan fingerprint density at radius 3 is 2.79 bits per heavy atom. The van der Waals surface area contributed by atoms with Gasteiger partial charge in [-0.2, -0.15) is 0 Å². The number of carbonyl (C=O) groups is 1. The lowest BCUT2D eigenvalue weighted by molar-refractivity contribution is -0.120. The molecule has 0 aromatic heterocycles. The van der Waals surface area contributed by atoms with Crippen molar-refractivity contribution in [1.29, 1.82) is 0 Å². The van der Waals surface area contributed by atoms with E-state index in [0.717, 1.165) is 13.0 Å². The number of hydrogen-bond donors (Lipinski definition) is 1. The highest BCUT2D eigenvalue weighted by molar-refractivity contribution is 5.80. The maximum absolute atomic E-state index is 11.2. The summed E-state index contributed by atoms with van der Waals surface area (Å²) >= 11 is 0. The number of piperidine rings is 1. The molecule has 2 rings (SSSR count). The molecular weight excluding hydrogens is 174 g/mol. The fraction of sp³-hybridized carbons (Fsp3) is 0.417. The molecule has 0 aliphatic carbocycles. The van der Waals surface area contributed by atoms with Gasteiger partial charge in [0.1, 0.15) is 5.78 Å². The highest BCUT2D eigenvalue weighted by Gasteiger charge is 2.18. The van der Waals surface area contributed by atoms with Gasteiger partial charge in [0.05, 0.1) is 0 Å². The highest BCUT2D eigenvalue weighted by Crippen LogP contribution is 2.10. The Bertz CT molecular complexity index is 307. The third-order valence-electron chi connectivity index (χ3n) is 2.64. The molecule has 0 bridgehead atoms. The fourth-order valence-electron chi connectivity index (χ4n) is 1.91. The van der Waals surface area contributed by atoms with Gasteiger partial charge in [0.15, 0.2) is 0 Å². The maximum Gasteiger partial charge on any atom is 0.135 e. The third kappa shape index (κ3) is 2.42. The van der Waals surface area contributed by atoms with Crippen molar-refractivity contribution in [2.75, 3.05) is 6.54 Å². The average molecular weight is 189 g/mol. The predicted octanol–water partition coefficient (Wildman–Crippen LogP) is 1.55. The van der Waals surface area contributed by atoms with Crippen molar-refractivity contribution in [2.24, 2.45) is 0 Å². The summed E-state index contributed by atoms with van der Waals surface area (Å²) in [6.07, 6.45) is 2.35. The summed E-state index contributed by atoms with van der Waals surface area (Å²) in [4.78, 5) is 11.2. The minimum Gasteiger partial charge on any atom is -0.313 e. The Morgan fingerprint density at radius 2 is 2.07 bits per heavy atom. The van der Waals surface area contributed by atoms with Crippen LogP contribution in [0.4, 0.5) is 0 Å². The highest BCUT2D eigenvalue weighted by atomic mass is 16.1. The van der Waals surface area contributed by atoms with E-state index in [1.807, 2.05) is 18.2 Å². The second kappa shape index (κ2) is 4.38. The zero-order valence-corrected chi connectivity index (χ0v) is 8.20. The van der Waals surface area contributed by atoms with E-state index in [9.17, 15) is 4.79 Å². The molecule has 1 atom stereocenters. The summed E-state index contributed by atoms with van der Waals surface area (Å²) in [5.74, 6) is 0.393. The first-order valence-electron chi connectivity index (χ1n) is 5.13. The van der Waals surface area contributed by atoms with Crippen molar-refractivity contribution in [3.8, 4) is 0 Å². The molecule has 1 aromatic rings. The standard InChI is InChI=1S/C12H15NO/c14-12-6-7-13-11(9-12)8-10-4-2-1-3-5-10/h1-5,11,13H,6-9H2. The van der Waals surface area contributed by atoms with Gasteiger partial charge in [0, 0.05) is 25.4 Å². The van der Waals surface area contributed by atoms with Crippen LogP contribution < -0.4 is 5.32 Å². The molecule has 1 unspecified atom stereocenters. The van der Waals surface area contributed by atoms with E-state index < -0.39 is 0 Å². The number of Topliss-reactive ketones (excluding diaryl/α,β-unsaturated/α-hetero) is 1. The fourth-order valence-corrected chi connectivity index (χ4v) is 1.91. The van der Waals surface area contributed by atoms with Crippen molar-refractivity contribution in [2.45, 2.75) is 25.3 Å². The first-order chi connectivity index (χ1) is 6.84. The molecule has 1 aromatic carbocycles. The Balaban J connectivity index is 1.94. The zero-order valence-electron chi connectivity index (χ0n) is 8.20. The number of benzene rings is 1. The largest absolute Gasteiger partial charge is 0.313 e. The molecule has 1 aliphatic heterocycles. The molecule has 1 saturated heterocycles. The van der Waals surface area contributed by atoms with Gasteiger partial charge in [0.25, 0.3) is 0 Å². The first kappa shape index (κ1) is 9.41. The molecule has 0 saturated carbocycles. The van der Waals surface area contributed by atoms with E-state index in [4.69, 9.17) is 0 Å². The van der Waals surface area contributed by atoms with Crippen LogP contribution in [0.15, 0.2) is 30.3 Å². The lowest BCUT2D eigenvalue weighted by atomic mass is 9.97. The molecule has 2 heteroatoms. The van der Waals surface area contributed by atoms with E-state index in [2.05, 4.69) is 17.4 Å². The molecule has 1 heterocycles. The maximum atomic E-state index is 11.2. The van der Waals surface area contributed by atoms with Crippen LogP contribution in [-0.2, 0) is 11.2 Å². The first-order valence-corrected chi connectivity index (χ1v) is 5.13. The van der Waals surface area contributed by atoms with Crippen LogP contribution in [0.3, 0.4) is 0 Å². The lowest BCUT2D eigenvalue weighted by Gasteiger charge is -2.22. The van der Waals surface area contributed by atoms with E-state index in [0.29, 0.717) is 24.7 Å². The van der Waals surface area contributed by atoms with E-state index in [1.54, 1.807) is 0 Å². The van der Waals surface area contributed by atoms with Crippen LogP contribution in [0.25, 0.3) is 0 Å². The molecule has 1 fully saturated rings. The van der Waals surface area contributed by atoms with Crippen molar-refractivity contribution >= 4 is 5.78 Å². The van der Waals surface area contributed by atoms with Gasteiger partial charge in [0.2, 0.25) is 0 Å². The Morgan fingerprint density at radius 1 is 1.29 bits per heavy atom. The molecule has 2 nitrogen and oxygen atoms in total. The third-order valence-corrected chi connectivity index (χ3v) is 2.64. The van der Waals surface area contributed by atoms with Crippen molar-refractivity contribution in [3.05, 3.63) is 35.9 Å². The molecule has 0 amide bonds. The minimum absolute atomic E-state index is 0.346. The van der Waals surface area contributed by atoms with Crippen molar-refractivity contribution in [1.82, 2.24) is 5.32 Å². The van der Waals surface area contributed by atoms with Crippen LogP contribution >= 0.6 is 0 Å². The summed E-state index contributed by atoms with van der Waals surface area (Å²) in [6, 6.07) is 10.7. The SMILES string of the molecule is O=C1CCNC(Cc2ccccc2)C1. The number of rotatable bonds is 2. The van der Waals surface area contributed by atoms with E-state index in [-0.39, 0.29) is 0 Å². The summed E-state index contributed by atoms with van der Waals surface area (Å²) < 4.78 is 0. The number of ketones is 1. The van der Waals surface area contributed by atoms with Gasteiger partial charge in [-0.05, 0) is 12.0 Å². The Kier molecular flexibility index (Phi) is 2.94. The lowest BCUT2D eigenvalue weighted by Crippen LogP contribution is -2.39. The summed E-state index contributed by atoms with van der Waals surface area (Å²) in [6.45, 7) is 0.844. The Labute approximate surface area is 84.3 Å². The van der Waals surface area contributed by atoms with Crippen LogP contribution in [0.5, 0.6) is 0 Å². The molecule has 0 spiro atoms. The van der Waals surface area contributed by atoms with Crippen molar-refractivity contribution < 1.29 is 4.79 Å². The van der Waals surface area contributed by atoms with Gasteiger partial charge in [-0.1, -0.05) is 30.3 Å². The molecule has 1 N–H and O–H groups in total. The topological polar surface area (TPSA) is 29.1 Å². The zero-order chi connectivity index (χ0) is 9.80. The molecular formula is C12H15NO. The minimum atomic E-state index is 0.346. The van der Waals surface area contributed by atoms with Crippen LogP contribution in [-0.4, -0.2) is 18.4 Å². The van der Waals surface area contributed by atoms with Gasteiger partial charge in [-0.15, -0.1) is 0 Å². The van der Waals surface area contributed by atoms with Crippen LogP contribution in [0, 0.1) is 0 Å². The summed E-state index contributed by atoms with van der Waals surface area (Å²) in [5.41, 5.74) is 1.31. The van der Waals surface area contributed by atoms with Gasteiger partial charge in [-0.25, -0.2) is 0 Å².